The second kappa shape index (κ2) is 3.05. The van der Waals surface area contributed by atoms with Crippen LogP contribution in [-0.4, -0.2) is 23.2 Å². The molecule has 12 heavy (non-hydrogen) atoms. The highest BCUT2D eigenvalue weighted by molar-refractivity contribution is 14.1. The molecule has 0 aromatic heterocycles. The number of methoxy groups -OCH3 is 1. The van der Waals surface area contributed by atoms with Gasteiger partial charge in [0.1, 0.15) is 0 Å². The largest absolute Gasteiger partial charge is 0.453 e. The van der Waals surface area contributed by atoms with Crippen molar-refractivity contribution < 1.29 is 9.53 Å². The van der Waals surface area contributed by atoms with Crippen LogP contribution in [0.25, 0.3) is 0 Å². The molecule has 2 bridgehead atoms. The summed E-state index contributed by atoms with van der Waals surface area (Å²) in [5, 5.41) is 2.90. The van der Waals surface area contributed by atoms with Crippen molar-refractivity contribution >= 4 is 28.7 Å². The molecule has 3 saturated carbocycles. The van der Waals surface area contributed by atoms with Gasteiger partial charge in [-0.1, -0.05) is 22.6 Å². The van der Waals surface area contributed by atoms with Gasteiger partial charge < -0.3 is 10.1 Å². The molecule has 0 aromatic rings. The average Bonchev–Trinajstić information content (AvgIpc) is 2.39. The zero-order valence-corrected chi connectivity index (χ0v) is 9.08. The zero-order valence-electron chi connectivity index (χ0n) is 6.92. The van der Waals surface area contributed by atoms with Crippen LogP contribution >= 0.6 is 22.6 Å². The van der Waals surface area contributed by atoms with Crippen LogP contribution in [0.5, 0.6) is 0 Å². The van der Waals surface area contributed by atoms with Gasteiger partial charge in [0, 0.05) is 9.97 Å². The highest BCUT2D eigenvalue weighted by atomic mass is 127. The number of halogens is 1. The molecule has 1 amide bonds. The number of hydrogen-bond acceptors (Lipinski definition) is 2. The maximum Gasteiger partial charge on any atom is 0.407 e. The van der Waals surface area contributed by atoms with Gasteiger partial charge >= 0.3 is 6.09 Å². The third-order valence-electron chi connectivity index (χ3n) is 2.98. The predicted octanol–water partition coefficient (Wildman–Crippen LogP) is 1.55. The lowest BCUT2D eigenvalue weighted by Crippen LogP contribution is -2.39. The second-order valence-electron chi connectivity index (χ2n) is 3.60. The lowest BCUT2D eigenvalue weighted by molar-refractivity contribution is 0.163. The minimum atomic E-state index is -0.283. The number of ether oxygens (including phenoxy) is 1. The quantitative estimate of drug-likeness (QED) is 0.585. The smallest absolute Gasteiger partial charge is 0.407 e. The van der Waals surface area contributed by atoms with Crippen molar-refractivity contribution in [3.63, 3.8) is 0 Å². The van der Waals surface area contributed by atoms with Crippen molar-refractivity contribution in [2.45, 2.75) is 22.8 Å². The van der Waals surface area contributed by atoms with E-state index < -0.39 is 0 Å². The summed E-state index contributed by atoms with van der Waals surface area (Å²) in [6, 6.07) is 0.364. The fourth-order valence-corrected chi connectivity index (χ4v) is 3.56. The Kier molecular flexibility index (Phi) is 2.18. The van der Waals surface area contributed by atoms with Crippen molar-refractivity contribution in [3.8, 4) is 0 Å². The first-order chi connectivity index (χ1) is 5.72. The molecule has 0 aromatic carbocycles. The van der Waals surface area contributed by atoms with Gasteiger partial charge in [-0.2, -0.15) is 0 Å². The fourth-order valence-electron chi connectivity index (χ4n) is 2.21. The van der Waals surface area contributed by atoms with Crippen molar-refractivity contribution in [2.75, 3.05) is 7.11 Å². The minimum Gasteiger partial charge on any atom is -0.453 e. The van der Waals surface area contributed by atoms with Gasteiger partial charge in [0.15, 0.2) is 0 Å². The molecule has 3 nitrogen and oxygen atoms in total. The van der Waals surface area contributed by atoms with Crippen LogP contribution in [0.15, 0.2) is 0 Å². The Morgan fingerprint density at radius 2 is 2.17 bits per heavy atom. The topological polar surface area (TPSA) is 38.3 Å². The number of fused-ring (bicyclic) bond motifs is 1. The van der Waals surface area contributed by atoms with E-state index in [4.69, 9.17) is 0 Å². The molecule has 0 saturated heterocycles. The Balaban J connectivity index is 1.92. The van der Waals surface area contributed by atoms with E-state index in [0.717, 1.165) is 11.8 Å². The molecule has 3 rings (SSSR count). The number of hydrogen-bond donors (Lipinski definition) is 1. The Labute approximate surface area is 85.4 Å². The summed E-state index contributed by atoms with van der Waals surface area (Å²) in [6.45, 7) is 0. The molecule has 2 unspecified atom stereocenters. The number of alkyl halides is 1. The molecule has 3 aliphatic carbocycles. The van der Waals surface area contributed by atoms with Gasteiger partial charge in [0.25, 0.3) is 0 Å². The van der Waals surface area contributed by atoms with Gasteiger partial charge in [-0.05, 0) is 24.7 Å². The van der Waals surface area contributed by atoms with Crippen LogP contribution in [0.1, 0.15) is 12.8 Å². The van der Waals surface area contributed by atoms with E-state index in [9.17, 15) is 4.79 Å². The molecular weight excluding hydrogens is 269 g/mol. The maximum absolute atomic E-state index is 10.9. The van der Waals surface area contributed by atoms with Crippen LogP contribution in [0.4, 0.5) is 4.79 Å². The van der Waals surface area contributed by atoms with Gasteiger partial charge in [-0.3, -0.25) is 0 Å². The third-order valence-corrected chi connectivity index (χ3v) is 4.77. The Bertz CT molecular complexity index is 203. The molecule has 4 heteroatoms. The van der Waals surface area contributed by atoms with E-state index in [1.54, 1.807) is 0 Å². The van der Waals surface area contributed by atoms with Crippen molar-refractivity contribution in [3.05, 3.63) is 0 Å². The summed E-state index contributed by atoms with van der Waals surface area (Å²) in [7, 11) is 1.41. The predicted molar refractivity (Wildman–Crippen MR) is 53.4 cm³/mol. The van der Waals surface area contributed by atoms with E-state index in [0.29, 0.717) is 9.97 Å². The summed E-state index contributed by atoms with van der Waals surface area (Å²) < 4.78 is 5.19. The van der Waals surface area contributed by atoms with E-state index in [1.165, 1.54) is 20.0 Å². The number of nitrogens with one attached hydrogen (secondary N) is 1. The number of rotatable bonds is 1. The van der Waals surface area contributed by atoms with E-state index in [1.807, 2.05) is 0 Å². The average molecular weight is 281 g/mol. The summed E-state index contributed by atoms with van der Waals surface area (Å²) in [4.78, 5) is 10.9. The lowest BCUT2D eigenvalue weighted by Gasteiger charge is -2.24. The maximum atomic E-state index is 10.9. The molecule has 2 atom stereocenters. The second-order valence-corrected chi connectivity index (χ2v) is 5.04. The molecule has 1 N–H and O–H groups in total. The minimum absolute atomic E-state index is 0.283. The molecule has 68 valence electrons. The van der Waals surface area contributed by atoms with Gasteiger partial charge in [0.05, 0.1) is 7.11 Å². The number of amides is 1. The lowest BCUT2D eigenvalue weighted by atomic mass is 9.84. The number of carbonyl (C=O) groups excluding carboxylic acids is 1. The standard InChI is InChI=1S/C8H12INO2/c1-12-8(11)10-7-5-2-4(3-5)6(7)9/h4-7H,2-3H2,1H3,(H,10,11). The Morgan fingerprint density at radius 1 is 1.50 bits per heavy atom. The van der Waals surface area contributed by atoms with E-state index in [-0.39, 0.29) is 6.09 Å². The van der Waals surface area contributed by atoms with E-state index in [2.05, 4.69) is 32.6 Å². The first-order valence-electron chi connectivity index (χ1n) is 4.21. The van der Waals surface area contributed by atoms with Crippen molar-refractivity contribution in [1.29, 1.82) is 0 Å². The normalized spacial score (nSPS) is 43.5. The van der Waals surface area contributed by atoms with Crippen LogP contribution in [-0.2, 0) is 4.74 Å². The molecule has 3 aliphatic rings. The first kappa shape index (κ1) is 8.59. The SMILES string of the molecule is COC(=O)NC1C2CC(C2)C1I. The zero-order chi connectivity index (χ0) is 8.72. The van der Waals surface area contributed by atoms with Gasteiger partial charge in [-0.25, -0.2) is 4.79 Å². The molecular formula is C8H12INO2. The van der Waals surface area contributed by atoms with E-state index >= 15 is 0 Å². The molecule has 0 radical (unpaired) electrons. The third kappa shape index (κ3) is 1.20. The van der Waals surface area contributed by atoms with Crippen LogP contribution in [0.2, 0.25) is 0 Å². The number of carbonyl (C=O) groups is 1. The van der Waals surface area contributed by atoms with Crippen molar-refractivity contribution in [2.24, 2.45) is 11.8 Å². The van der Waals surface area contributed by atoms with Crippen LogP contribution in [0.3, 0.4) is 0 Å². The Hall–Kier alpha value is 0. The summed E-state index contributed by atoms with van der Waals surface area (Å²) in [5.41, 5.74) is 0. The fraction of sp³-hybridized carbons (Fsp3) is 0.875. The number of alkyl carbamates (subject to hydrolysis) is 1. The van der Waals surface area contributed by atoms with Crippen molar-refractivity contribution in [1.82, 2.24) is 5.32 Å². The summed E-state index contributed by atoms with van der Waals surface area (Å²) in [5.74, 6) is 1.56. The molecule has 0 heterocycles. The monoisotopic (exact) mass is 281 g/mol. The highest BCUT2D eigenvalue weighted by Gasteiger charge is 2.51. The highest BCUT2D eigenvalue weighted by Crippen LogP contribution is 2.51. The molecule has 3 fully saturated rings. The summed E-state index contributed by atoms with van der Waals surface area (Å²) >= 11 is 2.44. The first-order valence-corrected chi connectivity index (χ1v) is 5.45. The summed E-state index contributed by atoms with van der Waals surface area (Å²) in [6.07, 6.45) is 2.30. The Morgan fingerprint density at radius 3 is 2.58 bits per heavy atom. The molecule has 0 spiro atoms. The van der Waals surface area contributed by atoms with Crippen LogP contribution in [0, 0.1) is 11.8 Å². The van der Waals surface area contributed by atoms with Gasteiger partial charge in [-0.15, -0.1) is 0 Å². The molecule has 0 aliphatic heterocycles. The van der Waals surface area contributed by atoms with Crippen LogP contribution < -0.4 is 5.32 Å². The van der Waals surface area contributed by atoms with Gasteiger partial charge in [0.2, 0.25) is 0 Å².